The second kappa shape index (κ2) is 3.51. The summed E-state index contributed by atoms with van der Waals surface area (Å²) in [7, 11) is 0. The largest absolute Gasteiger partial charge is 0.761 e. The van der Waals surface area contributed by atoms with Crippen molar-refractivity contribution in [2.24, 2.45) is 0 Å². The van der Waals surface area contributed by atoms with Gasteiger partial charge in [0.05, 0.1) is 5.56 Å². The Kier molecular flexibility index (Phi) is 2.62. The van der Waals surface area contributed by atoms with E-state index >= 15 is 0 Å². The molecule has 1 aromatic carbocycles. The molecule has 0 aliphatic carbocycles. The van der Waals surface area contributed by atoms with Crippen molar-refractivity contribution in [1.82, 2.24) is 0 Å². The molecule has 0 spiro atoms. The first-order valence-corrected chi connectivity index (χ1v) is 3.40. The van der Waals surface area contributed by atoms with E-state index in [0.717, 1.165) is 18.2 Å². The van der Waals surface area contributed by atoms with Gasteiger partial charge in [-0.15, -0.1) is 0 Å². The monoisotopic (exact) mass is 188 g/mol. The molecule has 0 radical (unpaired) electrons. The first kappa shape index (κ1) is 8.96. The molecule has 0 atom stereocenters. The van der Waals surface area contributed by atoms with E-state index in [-0.39, 0.29) is 11.3 Å². The Hall–Kier alpha value is -1.13. The van der Waals surface area contributed by atoms with Crippen LogP contribution in [0.2, 0.25) is 0 Å². The Bertz CT molecular complexity index is 316. The van der Waals surface area contributed by atoms with Gasteiger partial charge in [-0.05, 0) is 29.8 Å². The van der Waals surface area contributed by atoms with Gasteiger partial charge in [0.1, 0.15) is 5.82 Å². The van der Waals surface area contributed by atoms with Gasteiger partial charge in [0.25, 0.3) is 5.24 Å². The molecule has 1 N–H and O–H groups in total. The van der Waals surface area contributed by atoms with Gasteiger partial charge in [0.2, 0.25) is 0 Å². The van der Waals surface area contributed by atoms with Crippen LogP contribution in [0.1, 0.15) is 10.4 Å². The zero-order valence-electron chi connectivity index (χ0n) is 5.80. The van der Waals surface area contributed by atoms with Crippen molar-refractivity contribution < 1.29 is 9.18 Å². The van der Waals surface area contributed by atoms with E-state index in [9.17, 15) is 14.4 Å². The Morgan fingerprint density at radius 3 is 2.75 bits per heavy atom. The SMILES string of the molecule is O=C(Cl)c1cc(F)ccc1N[O-]. The minimum Gasteiger partial charge on any atom is -0.761 e. The number of rotatable bonds is 2. The van der Waals surface area contributed by atoms with Crippen molar-refractivity contribution in [2.45, 2.75) is 0 Å². The maximum atomic E-state index is 12.5. The summed E-state index contributed by atoms with van der Waals surface area (Å²) < 4.78 is 12.5. The second-order valence-electron chi connectivity index (χ2n) is 2.07. The van der Waals surface area contributed by atoms with Crippen molar-refractivity contribution >= 4 is 22.5 Å². The fourth-order valence-corrected chi connectivity index (χ4v) is 0.924. The predicted octanol–water partition coefficient (Wildman–Crippen LogP) is 2.11. The van der Waals surface area contributed by atoms with Crippen molar-refractivity contribution in [2.75, 3.05) is 5.48 Å². The predicted molar refractivity (Wildman–Crippen MR) is 43.6 cm³/mol. The topological polar surface area (TPSA) is 52.2 Å². The molecule has 0 saturated heterocycles. The number of hydrogen-bond acceptors (Lipinski definition) is 3. The lowest BCUT2D eigenvalue weighted by Gasteiger charge is -2.11. The van der Waals surface area contributed by atoms with Crippen LogP contribution in [-0.4, -0.2) is 5.24 Å². The molecule has 0 bridgehead atoms. The molecule has 0 aromatic heterocycles. The van der Waals surface area contributed by atoms with Crippen LogP contribution in [0.15, 0.2) is 18.2 Å². The minimum atomic E-state index is -0.868. The average molecular weight is 189 g/mol. The van der Waals surface area contributed by atoms with E-state index in [0.29, 0.717) is 0 Å². The highest BCUT2D eigenvalue weighted by atomic mass is 35.5. The number of nitrogens with one attached hydrogen (secondary N) is 1. The van der Waals surface area contributed by atoms with Crippen LogP contribution in [0.5, 0.6) is 0 Å². The highest BCUT2D eigenvalue weighted by Gasteiger charge is 2.07. The van der Waals surface area contributed by atoms with Crippen LogP contribution in [0, 0.1) is 11.0 Å². The Labute approximate surface area is 72.7 Å². The van der Waals surface area contributed by atoms with E-state index in [1.165, 1.54) is 5.48 Å². The number of benzene rings is 1. The van der Waals surface area contributed by atoms with Gasteiger partial charge >= 0.3 is 0 Å². The van der Waals surface area contributed by atoms with Crippen molar-refractivity contribution in [3.8, 4) is 0 Å². The molecule has 0 aliphatic rings. The summed E-state index contributed by atoms with van der Waals surface area (Å²) in [5.41, 5.74) is 1.29. The van der Waals surface area contributed by atoms with Crippen LogP contribution in [-0.2, 0) is 0 Å². The maximum absolute atomic E-state index is 12.5. The summed E-state index contributed by atoms with van der Waals surface area (Å²) in [5.74, 6) is -0.613. The average Bonchev–Trinajstić information content (AvgIpc) is 2.04. The highest BCUT2D eigenvalue weighted by molar-refractivity contribution is 6.68. The van der Waals surface area contributed by atoms with Crippen LogP contribution < -0.4 is 5.48 Å². The first-order chi connectivity index (χ1) is 5.65. The fraction of sp³-hybridized carbons (Fsp3) is 0. The van der Waals surface area contributed by atoms with E-state index in [2.05, 4.69) is 0 Å². The first-order valence-electron chi connectivity index (χ1n) is 3.02. The van der Waals surface area contributed by atoms with Crippen LogP contribution in [0.4, 0.5) is 10.1 Å². The Morgan fingerprint density at radius 1 is 1.58 bits per heavy atom. The third kappa shape index (κ3) is 1.72. The van der Waals surface area contributed by atoms with Crippen LogP contribution in [0.25, 0.3) is 0 Å². The molecular formula is C7H4ClFNO2-. The number of halogens is 2. The number of carbonyl (C=O) groups is 1. The van der Waals surface area contributed by atoms with Gasteiger partial charge in [-0.2, -0.15) is 0 Å². The molecule has 5 heteroatoms. The summed E-state index contributed by atoms with van der Waals surface area (Å²) in [6, 6.07) is 3.11. The van der Waals surface area contributed by atoms with Gasteiger partial charge in [-0.1, -0.05) is 0 Å². The Morgan fingerprint density at radius 2 is 2.25 bits per heavy atom. The zero-order chi connectivity index (χ0) is 9.14. The highest BCUT2D eigenvalue weighted by Crippen LogP contribution is 2.18. The molecule has 12 heavy (non-hydrogen) atoms. The molecule has 0 saturated carbocycles. The normalized spacial score (nSPS) is 9.58. The third-order valence-electron chi connectivity index (χ3n) is 1.30. The lowest BCUT2D eigenvalue weighted by molar-refractivity contribution is 0.108. The molecule has 0 aliphatic heterocycles. The lowest BCUT2D eigenvalue weighted by atomic mass is 10.2. The van der Waals surface area contributed by atoms with Crippen LogP contribution in [0.3, 0.4) is 0 Å². The van der Waals surface area contributed by atoms with Crippen molar-refractivity contribution in [3.05, 3.63) is 34.8 Å². The molecule has 0 unspecified atom stereocenters. The third-order valence-corrected chi connectivity index (χ3v) is 1.51. The number of carbonyl (C=O) groups excluding carboxylic acids is 1. The maximum Gasteiger partial charge on any atom is 0.254 e. The van der Waals surface area contributed by atoms with E-state index in [1.807, 2.05) is 0 Å². The molecule has 1 aromatic rings. The fourth-order valence-electron chi connectivity index (χ4n) is 0.768. The van der Waals surface area contributed by atoms with Crippen molar-refractivity contribution in [3.63, 3.8) is 0 Å². The van der Waals surface area contributed by atoms with Crippen molar-refractivity contribution in [1.29, 1.82) is 0 Å². The Balaban J connectivity index is 3.21. The summed E-state index contributed by atoms with van der Waals surface area (Å²) in [6.45, 7) is 0. The van der Waals surface area contributed by atoms with E-state index in [1.54, 1.807) is 0 Å². The molecule has 64 valence electrons. The van der Waals surface area contributed by atoms with E-state index in [4.69, 9.17) is 11.6 Å². The van der Waals surface area contributed by atoms with Gasteiger partial charge in [0.15, 0.2) is 0 Å². The second-order valence-corrected chi connectivity index (χ2v) is 2.41. The van der Waals surface area contributed by atoms with Gasteiger partial charge in [-0.3, -0.25) is 4.79 Å². The zero-order valence-corrected chi connectivity index (χ0v) is 6.56. The van der Waals surface area contributed by atoms with Gasteiger partial charge < -0.3 is 10.7 Å². The molecular weight excluding hydrogens is 185 g/mol. The van der Waals surface area contributed by atoms with Gasteiger partial charge in [-0.25, -0.2) is 4.39 Å². The number of hydrogen-bond donors (Lipinski definition) is 1. The summed E-state index contributed by atoms with van der Waals surface area (Å²) in [4.78, 5) is 10.6. The molecule has 3 nitrogen and oxygen atoms in total. The standard InChI is InChI=1S/C7H4ClFNO2/c8-7(11)5-3-4(9)1-2-6(5)10-12/h1-3,10H/q-1. The molecule has 0 heterocycles. The lowest BCUT2D eigenvalue weighted by Crippen LogP contribution is -1.97. The summed E-state index contributed by atoms with van der Waals surface area (Å²) >= 11 is 5.07. The molecule has 0 fully saturated rings. The van der Waals surface area contributed by atoms with Gasteiger partial charge in [0, 0.05) is 5.69 Å². The van der Waals surface area contributed by atoms with E-state index < -0.39 is 11.1 Å². The summed E-state index contributed by atoms with van der Waals surface area (Å²) in [6.07, 6.45) is 0. The smallest absolute Gasteiger partial charge is 0.254 e. The molecule has 1 rings (SSSR count). The summed E-state index contributed by atoms with van der Waals surface area (Å²) in [5, 5.41) is 9.32. The minimum absolute atomic E-state index is 0.0311. The van der Waals surface area contributed by atoms with Crippen LogP contribution >= 0.6 is 11.6 Å². The quantitative estimate of drug-likeness (QED) is 0.571. The molecule has 0 amide bonds. The number of anilines is 1.